The van der Waals surface area contributed by atoms with Gasteiger partial charge in [0.15, 0.2) is 0 Å². The smallest absolute Gasteiger partial charge is 0.215 e. The number of anilines is 1. The molecule has 0 unspecified atom stereocenters. The molecule has 0 atom stereocenters. The van der Waals surface area contributed by atoms with Crippen molar-refractivity contribution < 1.29 is 4.74 Å². The topological polar surface area (TPSA) is 43.2 Å². The van der Waals surface area contributed by atoms with Gasteiger partial charge in [0.1, 0.15) is 5.82 Å². The molecule has 0 radical (unpaired) electrons. The van der Waals surface area contributed by atoms with Gasteiger partial charge < -0.3 is 9.64 Å². The second-order valence-corrected chi connectivity index (χ2v) is 6.28. The van der Waals surface area contributed by atoms with E-state index < -0.39 is 0 Å². The van der Waals surface area contributed by atoms with Gasteiger partial charge in [-0.2, -0.15) is 10.1 Å². The SMILES string of the molecule is COc1cc(Cn2ccc(C3CC3)n2)cc(N2CCCC2)n1. The van der Waals surface area contributed by atoms with Gasteiger partial charge in [-0.25, -0.2) is 0 Å². The number of methoxy groups -OCH3 is 1. The van der Waals surface area contributed by atoms with Gasteiger partial charge in [0.2, 0.25) is 5.88 Å². The lowest BCUT2D eigenvalue weighted by molar-refractivity contribution is 0.397. The van der Waals surface area contributed by atoms with Crippen LogP contribution in [0.15, 0.2) is 24.4 Å². The van der Waals surface area contributed by atoms with Crippen molar-refractivity contribution in [1.29, 1.82) is 0 Å². The van der Waals surface area contributed by atoms with Crippen molar-refractivity contribution in [2.45, 2.75) is 38.1 Å². The summed E-state index contributed by atoms with van der Waals surface area (Å²) in [5, 5.41) is 4.69. The van der Waals surface area contributed by atoms with E-state index in [-0.39, 0.29) is 0 Å². The molecule has 0 amide bonds. The van der Waals surface area contributed by atoms with Crippen LogP contribution in [0.3, 0.4) is 0 Å². The van der Waals surface area contributed by atoms with E-state index in [2.05, 4.69) is 28.2 Å². The third-order valence-corrected chi connectivity index (χ3v) is 4.49. The van der Waals surface area contributed by atoms with Gasteiger partial charge in [0, 0.05) is 31.3 Å². The molecule has 4 rings (SSSR count). The molecular formula is C17H22N4O. The highest BCUT2D eigenvalue weighted by atomic mass is 16.5. The molecule has 2 aromatic heterocycles. The molecule has 2 aromatic rings. The summed E-state index contributed by atoms with van der Waals surface area (Å²) in [6.07, 6.45) is 7.16. The normalized spacial score (nSPS) is 18.0. The Morgan fingerprint density at radius 2 is 2.05 bits per heavy atom. The highest BCUT2D eigenvalue weighted by molar-refractivity contribution is 5.45. The molecule has 1 aliphatic carbocycles. The number of rotatable bonds is 5. The van der Waals surface area contributed by atoms with Gasteiger partial charge in [-0.15, -0.1) is 0 Å². The summed E-state index contributed by atoms with van der Waals surface area (Å²) in [7, 11) is 1.68. The van der Waals surface area contributed by atoms with Crippen LogP contribution in [-0.2, 0) is 6.54 Å². The van der Waals surface area contributed by atoms with Crippen LogP contribution in [0.25, 0.3) is 0 Å². The first-order chi connectivity index (χ1) is 10.8. The van der Waals surface area contributed by atoms with Crippen LogP contribution < -0.4 is 9.64 Å². The first kappa shape index (κ1) is 13.6. The predicted octanol–water partition coefficient (Wildman–Crippen LogP) is 2.81. The highest BCUT2D eigenvalue weighted by Crippen LogP contribution is 2.38. The van der Waals surface area contributed by atoms with E-state index in [4.69, 9.17) is 9.84 Å². The number of nitrogens with zero attached hydrogens (tertiary/aromatic N) is 4. The molecule has 0 spiro atoms. The molecule has 0 N–H and O–H groups in total. The van der Waals surface area contributed by atoms with E-state index in [1.54, 1.807) is 7.11 Å². The van der Waals surface area contributed by atoms with Crippen LogP contribution in [-0.4, -0.2) is 35.0 Å². The van der Waals surface area contributed by atoms with E-state index in [0.717, 1.165) is 25.5 Å². The summed E-state index contributed by atoms with van der Waals surface area (Å²) in [6, 6.07) is 6.34. The predicted molar refractivity (Wildman–Crippen MR) is 85.5 cm³/mol. The standard InChI is InChI=1S/C17H22N4O/c1-22-17-11-13(10-16(18-17)20-7-2-3-8-20)12-21-9-6-15(19-21)14-4-5-14/h6,9-11,14H,2-5,7-8,12H2,1H3. The van der Waals surface area contributed by atoms with Gasteiger partial charge in [-0.1, -0.05) is 0 Å². The average Bonchev–Trinajstić information content (AvgIpc) is 3.05. The summed E-state index contributed by atoms with van der Waals surface area (Å²) in [5.74, 6) is 2.42. The summed E-state index contributed by atoms with van der Waals surface area (Å²) >= 11 is 0. The van der Waals surface area contributed by atoms with Crippen molar-refractivity contribution in [2.24, 2.45) is 0 Å². The minimum absolute atomic E-state index is 0.689. The largest absolute Gasteiger partial charge is 0.481 e. The quantitative estimate of drug-likeness (QED) is 0.851. The molecule has 1 saturated heterocycles. The summed E-state index contributed by atoms with van der Waals surface area (Å²) in [6.45, 7) is 2.95. The van der Waals surface area contributed by atoms with Gasteiger partial charge in [0.05, 0.1) is 19.3 Å². The second-order valence-electron chi connectivity index (χ2n) is 6.28. The van der Waals surface area contributed by atoms with Crippen LogP contribution in [0.1, 0.15) is 42.9 Å². The Morgan fingerprint density at radius 1 is 1.23 bits per heavy atom. The van der Waals surface area contributed by atoms with Gasteiger partial charge >= 0.3 is 0 Å². The van der Waals surface area contributed by atoms with Crippen molar-refractivity contribution in [2.75, 3.05) is 25.1 Å². The van der Waals surface area contributed by atoms with Crippen molar-refractivity contribution in [1.82, 2.24) is 14.8 Å². The average molecular weight is 298 g/mol. The zero-order valence-electron chi connectivity index (χ0n) is 13.0. The Balaban J connectivity index is 1.57. The fraction of sp³-hybridized carbons (Fsp3) is 0.529. The molecule has 5 nitrogen and oxygen atoms in total. The van der Waals surface area contributed by atoms with Gasteiger partial charge in [0.25, 0.3) is 0 Å². The lowest BCUT2D eigenvalue weighted by Crippen LogP contribution is -2.19. The minimum atomic E-state index is 0.689. The Hall–Kier alpha value is -2.04. The zero-order chi connectivity index (χ0) is 14.9. The molecule has 1 aliphatic heterocycles. The fourth-order valence-electron chi connectivity index (χ4n) is 3.10. The summed E-state index contributed by atoms with van der Waals surface area (Å²) in [4.78, 5) is 6.93. The number of pyridine rings is 1. The molecule has 22 heavy (non-hydrogen) atoms. The molecule has 5 heteroatoms. The number of ether oxygens (including phenoxy) is 1. The summed E-state index contributed by atoms with van der Waals surface area (Å²) < 4.78 is 7.40. The molecule has 0 bridgehead atoms. The van der Waals surface area contributed by atoms with Crippen LogP contribution in [0.4, 0.5) is 5.82 Å². The van der Waals surface area contributed by atoms with E-state index in [1.807, 2.05) is 10.7 Å². The lowest BCUT2D eigenvalue weighted by Gasteiger charge is -2.18. The van der Waals surface area contributed by atoms with Gasteiger partial charge in [-0.05, 0) is 43.4 Å². The van der Waals surface area contributed by atoms with E-state index in [0.29, 0.717) is 11.8 Å². The first-order valence-corrected chi connectivity index (χ1v) is 8.15. The highest BCUT2D eigenvalue weighted by Gasteiger charge is 2.25. The van der Waals surface area contributed by atoms with Crippen molar-refractivity contribution in [3.05, 3.63) is 35.7 Å². The number of aromatic nitrogens is 3. The monoisotopic (exact) mass is 298 g/mol. The molecule has 2 fully saturated rings. The number of hydrogen-bond acceptors (Lipinski definition) is 4. The van der Waals surface area contributed by atoms with Crippen LogP contribution in [0.5, 0.6) is 5.88 Å². The molecule has 116 valence electrons. The Bertz CT molecular complexity index is 656. The van der Waals surface area contributed by atoms with Crippen LogP contribution in [0.2, 0.25) is 0 Å². The molecule has 2 aliphatic rings. The maximum Gasteiger partial charge on any atom is 0.215 e. The van der Waals surface area contributed by atoms with Crippen molar-refractivity contribution >= 4 is 5.82 Å². The third-order valence-electron chi connectivity index (χ3n) is 4.49. The van der Waals surface area contributed by atoms with E-state index in [9.17, 15) is 0 Å². The lowest BCUT2D eigenvalue weighted by atomic mass is 10.2. The van der Waals surface area contributed by atoms with E-state index in [1.165, 1.54) is 36.9 Å². The maximum absolute atomic E-state index is 5.38. The fourth-order valence-corrected chi connectivity index (χ4v) is 3.10. The first-order valence-electron chi connectivity index (χ1n) is 8.15. The van der Waals surface area contributed by atoms with Gasteiger partial charge in [-0.3, -0.25) is 4.68 Å². The zero-order valence-corrected chi connectivity index (χ0v) is 13.0. The van der Waals surface area contributed by atoms with E-state index >= 15 is 0 Å². The summed E-state index contributed by atoms with van der Waals surface area (Å²) in [5.41, 5.74) is 2.43. The Morgan fingerprint density at radius 3 is 2.77 bits per heavy atom. The third kappa shape index (κ3) is 2.80. The van der Waals surface area contributed by atoms with Crippen molar-refractivity contribution in [3.8, 4) is 5.88 Å². The number of hydrogen-bond donors (Lipinski definition) is 0. The Labute approximate surface area is 130 Å². The van der Waals surface area contributed by atoms with Crippen LogP contribution in [0, 0.1) is 0 Å². The van der Waals surface area contributed by atoms with Crippen LogP contribution >= 0.6 is 0 Å². The maximum atomic E-state index is 5.38. The van der Waals surface area contributed by atoms with Crippen molar-refractivity contribution in [3.63, 3.8) is 0 Å². The second kappa shape index (κ2) is 5.63. The molecule has 0 aromatic carbocycles. The minimum Gasteiger partial charge on any atom is -0.481 e. The molecule has 3 heterocycles. The molecular weight excluding hydrogens is 276 g/mol. The Kier molecular flexibility index (Phi) is 3.48. The molecule has 1 saturated carbocycles.